The van der Waals surface area contributed by atoms with Crippen molar-refractivity contribution < 1.29 is 9.53 Å². The van der Waals surface area contributed by atoms with Crippen LogP contribution in [0.2, 0.25) is 0 Å². The highest BCUT2D eigenvalue weighted by atomic mass is 16.5. The van der Waals surface area contributed by atoms with Crippen LogP contribution in [0.1, 0.15) is 6.92 Å². The molecule has 0 aliphatic rings. The van der Waals surface area contributed by atoms with Gasteiger partial charge in [0.25, 0.3) is 0 Å². The van der Waals surface area contributed by atoms with Gasteiger partial charge in [-0.2, -0.15) is 10.2 Å². The van der Waals surface area contributed by atoms with Crippen molar-refractivity contribution in [2.24, 2.45) is 10.2 Å². The Bertz CT molecular complexity index is 221. The van der Waals surface area contributed by atoms with Crippen molar-refractivity contribution in [3.8, 4) is 0 Å². The maximum absolute atomic E-state index is 11.1. The Hall–Kier alpha value is -1.01. The van der Waals surface area contributed by atoms with Gasteiger partial charge in [-0.3, -0.25) is 9.80 Å². The molecular formula is C10H22N4O2. The molecule has 0 aromatic heterocycles. The number of nitrogens with zero attached hydrogens (tertiary/aromatic N) is 4. The van der Waals surface area contributed by atoms with Gasteiger partial charge in [0, 0.05) is 13.6 Å². The van der Waals surface area contributed by atoms with E-state index in [1.165, 1.54) is 7.05 Å². The molecule has 6 heteroatoms. The van der Waals surface area contributed by atoms with E-state index in [2.05, 4.69) is 27.0 Å². The second-order valence-electron chi connectivity index (χ2n) is 3.61. The van der Waals surface area contributed by atoms with Crippen LogP contribution >= 0.6 is 0 Å². The lowest BCUT2D eigenvalue weighted by atomic mass is 10.5. The summed E-state index contributed by atoms with van der Waals surface area (Å²) in [5.41, 5.74) is 0. The number of rotatable bonds is 8. The normalized spacial score (nSPS) is 11.6. The first kappa shape index (κ1) is 15.0. The molecule has 0 aliphatic carbocycles. The van der Waals surface area contributed by atoms with Gasteiger partial charge in [0.15, 0.2) is 6.54 Å². The summed E-state index contributed by atoms with van der Waals surface area (Å²) in [5, 5.41) is 7.04. The number of carbonyl (C=O) groups is 1. The zero-order valence-electron chi connectivity index (χ0n) is 10.6. The van der Waals surface area contributed by atoms with Gasteiger partial charge in [-0.15, -0.1) is 0 Å². The SMILES string of the molecule is CCN(C)CN(C)CCOC(=O)CN=NC. The zero-order chi connectivity index (χ0) is 12.4. The van der Waals surface area contributed by atoms with E-state index in [1.807, 2.05) is 14.1 Å². The Morgan fingerprint density at radius 3 is 2.56 bits per heavy atom. The second-order valence-corrected chi connectivity index (χ2v) is 3.61. The van der Waals surface area contributed by atoms with E-state index in [0.29, 0.717) is 6.61 Å². The largest absolute Gasteiger partial charge is 0.463 e. The summed E-state index contributed by atoms with van der Waals surface area (Å²) in [6.07, 6.45) is 0. The molecule has 0 unspecified atom stereocenters. The van der Waals surface area contributed by atoms with E-state index in [9.17, 15) is 4.79 Å². The number of carbonyl (C=O) groups excluding carboxylic acids is 1. The van der Waals surface area contributed by atoms with Crippen LogP contribution in [0.3, 0.4) is 0 Å². The highest BCUT2D eigenvalue weighted by Gasteiger charge is 2.04. The van der Waals surface area contributed by atoms with Gasteiger partial charge < -0.3 is 4.74 Å². The smallest absolute Gasteiger partial charge is 0.329 e. The summed E-state index contributed by atoms with van der Waals surface area (Å²) >= 11 is 0. The van der Waals surface area contributed by atoms with Crippen molar-refractivity contribution in [1.82, 2.24) is 9.80 Å². The first-order valence-corrected chi connectivity index (χ1v) is 5.38. The topological polar surface area (TPSA) is 57.5 Å². The molecule has 0 bridgehead atoms. The lowest BCUT2D eigenvalue weighted by Crippen LogP contribution is -2.35. The molecule has 0 aromatic rings. The number of likely N-dealkylation sites (N-methyl/N-ethyl adjacent to an activating group) is 1. The fourth-order valence-corrected chi connectivity index (χ4v) is 1.07. The molecule has 94 valence electrons. The van der Waals surface area contributed by atoms with Gasteiger partial charge in [-0.25, -0.2) is 4.79 Å². The third-order valence-electron chi connectivity index (χ3n) is 2.10. The molecule has 0 N–H and O–H groups in total. The minimum absolute atomic E-state index is 0.00901. The van der Waals surface area contributed by atoms with Gasteiger partial charge in [-0.1, -0.05) is 6.92 Å². The predicted octanol–water partition coefficient (Wildman–Crippen LogP) is 0.453. The lowest BCUT2D eigenvalue weighted by Gasteiger charge is -2.22. The summed E-state index contributed by atoms with van der Waals surface area (Å²) in [6.45, 7) is 5.09. The summed E-state index contributed by atoms with van der Waals surface area (Å²) in [6, 6.07) is 0. The van der Waals surface area contributed by atoms with Crippen molar-refractivity contribution in [2.75, 3.05) is 54.1 Å². The van der Waals surface area contributed by atoms with Crippen LogP contribution in [0.15, 0.2) is 10.2 Å². The summed E-state index contributed by atoms with van der Waals surface area (Å²) in [5.74, 6) is -0.331. The van der Waals surface area contributed by atoms with Gasteiger partial charge in [0.05, 0.1) is 6.67 Å². The molecule has 0 heterocycles. The van der Waals surface area contributed by atoms with Gasteiger partial charge in [0.2, 0.25) is 0 Å². The van der Waals surface area contributed by atoms with Crippen molar-refractivity contribution in [2.45, 2.75) is 6.92 Å². The molecule has 0 rings (SSSR count). The van der Waals surface area contributed by atoms with E-state index < -0.39 is 0 Å². The molecule has 0 aliphatic heterocycles. The monoisotopic (exact) mass is 230 g/mol. The average molecular weight is 230 g/mol. The van der Waals surface area contributed by atoms with E-state index in [-0.39, 0.29) is 12.5 Å². The molecule has 0 aromatic carbocycles. The Morgan fingerprint density at radius 1 is 1.31 bits per heavy atom. The molecule has 0 saturated carbocycles. The van der Waals surface area contributed by atoms with Crippen LogP contribution in [0, 0.1) is 0 Å². The van der Waals surface area contributed by atoms with Crippen LogP contribution in [-0.4, -0.2) is 69.8 Å². The van der Waals surface area contributed by atoms with Crippen LogP contribution < -0.4 is 0 Å². The van der Waals surface area contributed by atoms with Crippen LogP contribution in [0.5, 0.6) is 0 Å². The fraction of sp³-hybridized carbons (Fsp3) is 0.900. The van der Waals surface area contributed by atoms with Crippen LogP contribution in [0.4, 0.5) is 0 Å². The number of azo groups is 1. The van der Waals surface area contributed by atoms with Crippen LogP contribution in [-0.2, 0) is 9.53 Å². The second kappa shape index (κ2) is 9.23. The Kier molecular flexibility index (Phi) is 8.65. The van der Waals surface area contributed by atoms with Gasteiger partial charge >= 0.3 is 5.97 Å². The minimum atomic E-state index is -0.331. The van der Waals surface area contributed by atoms with Crippen molar-refractivity contribution in [3.05, 3.63) is 0 Å². The Labute approximate surface area is 97.3 Å². The number of ether oxygens (including phenoxy) is 1. The summed E-state index contributed by atoms with van der Waals surface area (Å²) in [4.78, 5) is 15.3. The lowest BCUT2D eigenvalue weighted by molar-refractivity contribution is -0.142. The zero-order valence-corrected chi connectivity index (χ0v) is 10.6. The third-order valence-corrected chi connectivity index (χ3v) is 2.10. The summed E-state index contributed by atoms with van der Waals surface area (Å²) < 4.78 is 4.98. The van der Waals surface area contributed by atoms with E-state index in [1.54, 1.807) is 0 Å². The highest BCUT2D eigenvalue weighted by molar-refractivity contribution is 5.71. The van der Waals surface area contributed by atoms with Crippen molar-refractivity contribution in [1.29, 1.82) is 0 Å². The molecule has 0 spiro atoms. The maximum atomic E-state index is 11.1. The molecule has 0 atom stereocenters. The van der Waals surface area contributed by atoms with Crippen LogP contribution in [0.25, 0.3) is 0 Å². The molecule has 6 nitrogen and oxygen atoms in total. The quantitative estimate of drug-likeness (QED) is 0.345. The summed E-state index contributed by atoms with van der Waals surface area (Å²) in [7, 11) is 5.57. The number of hydrogen-bond donors (Lipinski definition) is 0. The molecule has 0 radical (unpaired) electrons. The van der Waals surface area contributed by atoms with Gasteiger partial charge in [0.1, 0.15) is 6.61 Å². The first-order valence-electron chi connectivity index (χ1n) is 5.38. The molecule has 0 saturated heterocycles. The molecule has 0 amide bonds. The maximum Gasteiger partial charge on any atom is 0.329 e. The molecule has 0 fully saturated rings. The predicted molar refractivity (Wildman–Crippen MR) is 62.4 cm³/mol. The van der Waals surface area contributed by atoms with E-state index in [0.717, 1.165) is 19.8 Å². The minimum Gasteiger partial charge on any atom is -0.463 e. The standard InChI is InChI=1S/C10H22N4O2/c1-5-13(3)9-14(4)6-7-16-10(15)8-12-11-2/h5-9H2,1-4H3. The van der Waals surface area contributed by atoms with E-state index in [4.69, 9.17) is 4.74 Å². The van der Waals surface area contributed by atoms with Gasteiger partial charge in [-0.05, 0) is 20.6 Å². The third kappa shape index (κ3) is 8.31. The van der Waals surface area contributed by atoms with Crippen molar-refractivity contribution >= 4 is 5.97 Å². The Balaban J connectivity index is 3.53. The van der Waals surface area contributed by atoms with E-state index >= 15 is 0 Å². The fourth-order valence-electron chi connectivity index (χ4n) is 1.07. The number of hydrogen-bond acceptors (Lipinski definition) is 6. The van der Waals surface area contributed by atoms with Crippen molar-refractivity contribution in [3.63, 3.8) is 0 Å². The molecular weight excluding hydrogens is 208 g/mol. The highest BCUT2D eigenvalue weighted by Crippen LogP contribution is 1.89. The molecule has 16 heavy (non-hydrogen) atoms. The Morgan fingerprint density at radius 2 is 2.00 bits per heavy atom. The first-order chi connectivity index (χ1) is 7.60. The average Bonchev–Trinajstić information content (AvgIpc) is 2.26. The number of esters is 1.